The molecule has 8 nitrogen and oxygen atoms in total. The fourth-order valence-electron chi connectivity index (χ4n) is 3.83. The van der Waals surface area contributed by atoms with Crippen LogP contribution in [0.4, 0.5) is 0 Å². The SMILES string of the molecule is COc1ccc(-c2nc(CC(=O)OCC(=O)N(C)C3(C#N)CCCCC3)cs2)cc1OC. The van der Waals surface area contributed by atoms with Crippen LogP contribution in [0.1, 0.15) is 37.8 Å². The van der Waals surface area contributed by atoms with Gasteiger partial charge in [-0.25, -0.2) is 4.98 Å². The summed E-state index contributed by atoms with van der Waals surface area (Å²) in [5, 5.41) is 12.1. The van der Waals surface area contributed by atoms with Crippen LogP contribution in [0.2, 0.25) is 0 Å². The van der Waals surface area contributed by atoms with Crippen LogP contribution in [0.3, 0.4) is 0 Å². The molecule has 0 unspecified atom stereocenters. The number of carbonyl (C=O) groups excluding carboxylic acids is 2. The van der Waals surface area contributed by atoms with Gasteiger partial charge in [-0.15, -0.1) is 11.3 Å². The van der Waals surface area contributed by atoms with E-state index in [4.69, 9.17) is 14.2 Å². The second-order valence-electron chi connectivity index (χ2n) is 7.71. The number of carbonyl (C=O) groups is 2. The van der Waals surface area contributed by atoms with E-state index in [1.807, 2.05) is 12.1 Å². The molecular weight excluding hydrogens is 430 g/mol. The maximum absolute atomic E-state index is 12.5. The van der Waals surface area contributed by atoms with Gasteiger partial charge in [-0.05, 0) is 31.0 Å². The number of likely N-dealkylation sites (N-methyl/N-ethyl adjacent to an activating group) is 1. The number of hydrogen-bond donors (Lipinski definition) is 0. The second kappa shape index (κ2) is 10.5. The van der Waals surface area contributed by atoms with Gasteiger partial charge in [-0.1, -0.05) is 19.3 Å². The molecule has 1 aliphatic rings. The van der Waals surface area contributed by atoms with Crippen molar-refractivity contribution in [2.24, 2.45) is 0 Å². The van der Waals surface area contributed by atoms with E-state index in [9.17, 15) is 14.9 Å². The Bertz CT molecular complexity index is 1010. The normalized spacial score (nSPS) is 14.8. The summed E-state index contributed by atoms with van der Waals surface area (Å²) in [4.78, 5) is 30.7. The molecule has 0 bridgehead atoms. The number of nitrogens with zero attached hydrogens (tertiary/aromatic N) is 3. The minimum Gasteiger partial charge on any atom is -0.493 e. The zero-order chi connectivity index (χ0) is 23.1. The van der Waals surface area contributed by atoms with Crippen LogP contribution in [0.15, 0.2) is 23.6 Å². The van der Waals surface area contributed by atoms with Crippen molar-refractivity contribution in [3.05, 3.63) is 29.3 Å². The smallest absolute Gasteiger partial charge is 0.312 e. The number of nitriles is 1. The lowest BCUT2D eigenvalue weighted by Crippen LogP contribution is -2.51. The van der Waals surface area contributed by atoms with Gasteiger partial charge in [0, 0.05) is 18.0 Å². The Hall–Kier alpha value is -3.12. The Labute approximate surface area is 191 Å². The van der Waals surface area contributed by atoms with Crippen LogP contribution in [0.5, 0.6) is 11.5 Å². The molecule has 0 saturated heterocycles. The van der Waals surface area contributed by atoms with Gasteiger partial charge in [0.25, 0.3) is 5.91 Å². The molecule has 1 heterocycles. The van der Waals surface area contributed by atoms with Gasteiger partial charge in [0.15, 0.2) is 18.1 Å². The highest BCUT2D eigenvalue weighted by molar-refractivity contribution is 7.13. The predicted molar refractivity (Wildman–Crippen MR) is 120 cm³/mol. The highest BCUT2D eigenvalue weighted by Crippen LogP contribution is 2.34. The number of aromatic nitrogens is 1. The Balaban J connectivity index is 1.56. The summed E-state index contributed by atoms with van der Waals surface area (Å²) >= 11 is 1.40. The summed E-state index contributed by atoms with van der Waals surface area (Å²) in [6.07, 6.45) is 4.16. The molecule has 9 heteroatoms. The van der Waals surface area contributed by atoms with Crippen LogP contribution < -0.4 is 9.47 Å². The molecule has 0 radical (unpaired) electrons. The third-order valence-corrected chi connectivity index (χ3v) is 6.71. The van der Waals surface area contributed by atoms with Gasteiger partial charge in [0.05, 0.1) is 32.4 Å². The Morgan fingerprint density at radius 2 is 1.91 bits per heavy atom. The van der Waals surface area contributed by atoms with Crippen molar-refractivity contribution < 1.29 is 23.8 Å². The Morgan fingerprint density at radius 3 is 2.56 bits per heavy atom. The minimum absolute atomic E-state index is 0.0375. The van der Waals surface area contributed by atoms with Gasteiger partial charge in [-0.2, -0.15) is 5.26 Å². The first-order valence-corrected chi connectivity index (χ1v) is 11.3. The first-order valence-electron chi connectivity index (χ1n) is 10.4. The van der Waals surface area contributed by atoms with Gasteiger partial charge in [-0.3, -0.25) is 9.59 Å². The molecule has 1 aromatic heterocycles. The summed E-state index contributed by atoms with van der Waals surface area (Å²) < 4.78 is 15.8. The molecule has 0 N–H and O–H groups in total. The van der Waals surface area contributed by atoms with E-state index in [0.29, 0.717) is 30.0 Å². The molecule has 0 atom stereocenters. The summed E-state index contributed by atoms with van der Waals surface area (Å²) in [5.41, 5.74) is 0.607. The standard InChI is InChI=1S/C23H27N3O5S/c1-26(23(15-24)9-5-4-6-10-23)20(27)13-31-21(28)12-17-14-32-22(25-17)16-7-8-18(29-2)19(11-16)30-3/h7-8,11,14H,4-6,9-10,12-13H2,1-3H3. The molecule has 2 aromatic rings. The van der Waals surface area contributed by atoms with Gasteiger partial charge < -0.3 is 19.1 Å². The summed E-state index contributed by atoms with van der Waals surface area (Å²) in [6.45, 7) is -0.383. The topological polar surface area (TPSA) is 102 Å². The number of hydrogen-bond acceptors (Lipinski definition) is 8. The molecule has 1 aliphatic carbocycles. The molecule has 1 saturated carbocycles. The Morgan fingerprint density at radius 1 is 1.19 bits per heavy atom. The van der Waals surface area contributed by atoms with Crippen molar-refractivity contribution >= 4 is 23.2 Å². The van der Waals surface area contributed by atoms with Gasteiger partial charge in [0.1, 0.15) is 10.5 Å². The quantitative estimate of drug-likeness (QED) is 0.558. The Kier molecular flexibility index (Phi) is 7.70. The van der Waals surface area contributed by atoms with Crippen molar-refractivity contribution in [3.63, 3.8) is 0 Å². The lowest BCUT2D eigenvalue weighted by Gasteiger charge is -2.38. The summed E-state index contributed by atoms with van der Waals surface area (Å²) in [6, 6.07) is 7.79. The van der Waals surface area contributed by atoms with Crippen molar-refractivity contribution in [3.8, 4) is 28.1 Å². The van der Waals surface area contributed by atoms with E-state index in [-0.39, 0.29) is 18.9 Å². The molecule has 3 rings (SSSR count). The van der Waals surface area contributed by atoms with Gasteiger partial charge in [0.2, 0.25) is 0 Å². The third-order valence-electron chi connectivity index (χ3n) is 5.77. The monoisotopic (exact) mass is 457 g/mol. The lowest BCUT2D eigenvalue weighted by atomic mass is 9.81. The molecular formula is C23H27N3O5S. The molecule has 32 heavy (non-hydrogen) atoms. The summed E-state index contributed by atoms with van der Waals surface area (Å²) in [5.74, 6) is 0.311. The molecule has 1 fully saturated rings. The molecule has 170 valence electrons. The molecule has 0 spiro atoms. The fourth-order valence-corrected chi connectivity index (χ4v) is 4.64. The van der Waals surface area contributed by atoms with Crippen molar-refractivity contribution in [1.29, 1.82) is 5.26 Å². The maximum Gasteiger partial charge on any atom is 0.312 e. The second-order valence-corrected chi connectivity index (χ2v) is 8.57. The van der Waals surface area contributed by atoms with Crippen LogP contribution in [-0.4, -0.2) is 55.2 Å². The van der Waals surface area contributed by atoms with Crippen LogP contribution >= 0.6 is 11.3 Å². The van der Waals surface area contributed by atoms with E-state index >= 15 is 0 Å². The third kappa shape index (κ3) is 5.19. The minimum atomic E-state index is -0.801. The molecule has 0 aliphatic heterocycles. The van der Waals surface area contributed by atoms with E-state index in [2.05, 4.69) is 11.1 Å². The van der Waals surface area contributed by atoms with Crippen LogP contribution in [-0.2, 0) is 20.7 Å². The number of esters is 1. The first kappa shape index (κ1) is 23.5. The number of benzene rings is 1. The largest absolute Gasteiger partial charge is 0.493 e. The highest BCUT2D eigenvalue weighted by atomic mass is 32.1. The van der Waals surface area contributed by atoms with Crippen molar-refractivity contribution in [2.45, 2.75) is 44.1 Å². The van der Waals surface area contributed by atoms with Crippen molar-refractivity contribution in [2.75, 3.05) is 27.9 Å². The number of rotatable bonds is 8. The zero-order valence-corrected chi connectivity index (χ0v) is 19.4. The number of amides is 1. The van der Waals surface area contributed by atoms with Crippen LogP contribution in [0, 0.1) is 11.3 Å². The highest BCUT2D eigenvalue weighted by Gasteiger charge is 2.39. The van der Waals surface area contributed by atoms with E-state index in [1.165, 1.54) is 16.2 Å². The fraction of sp³-hybridized carbons (Fsp3) is 0.478. The average Bonchev–Trinajstić information content (AvgIpc) is 3.30. The predicted octanol–water partition coefficient (Wildman–Crippen LogP) is 3.60. The van der Waals surface area contributed by atoms with Crippen molar-refractivity contribution in [1.82, 2.24) is 9.88 Å². The van der Waals surface area contributed by atoms with E-state index < -0.39 is 11.5 Å². The average molecular weight is 458 g/mol. The zero-order valence-electron chi connectivity index (χ0n) is 18.6. The maximum atomic E-state index is 12.5. The lowest BCUT2D eigenvalue weighted by molar-refractivity contribution is -0.153. The number of thiazole rings is 1. The first-order chi connectivity index (χ1) is 15.4. The molecule has 1 amide bonds. The van der Waals surface area contributed by atoms with E-state index in [0.717, 1.165) is 29.8 Å². The number of ether oxygens (including phenoxy) is 3. The van der Waals surface area contributed by atoms with Crippen LogP contribution in [0.25, 0.3) is 10.6 Å². The summed E-state index contributed by atoms with van der Waals surface area (Å²) in [7, 11) is 4.75. The van der Waals surface area contributed by atoms with E-state index in [1.54, 1.807) is 32.7 Å². The van der Waals surface area contributed by atoms with Gasteiger partial charge >= 0.3 is 5.97 Å². The molecule has 1 aromatic carbocycles. The number of methoxy groups -OCH3 is 2.